The van der Waals surface area contributed by atoms with Gasteiger partial charge in [0.25, 0.3) is 11.8 Å². The molecule has 0 unspecified atom stereocenters. The van der Waals surface area contributed by atoms with Gasteiger partial charge in [0.2, 0.25) is 0 Å². The summed E-state index contributed by atoms with van der Waals surface area (Å²) in [5.41, 5.74) is 1.56. The van der Waals surface area contributed by atoms with Gasteiger partial charge in [0.05, 0.1) is 0 Å². The summed E-state index contributed by atoms with van der Waals surface area (Å²) < 4.78 is 1.84. The van der Waals surface area contributed by atoms with Crippen molar-refractivity contribution < 1.29 is 9.59 Å². The summed E-state index contributed by atoms with van der Waals surface area (Å²) in [6.45, 7) is 5.98. The Kier molecular flexibility index (Phi) is 5.25. The summed E-state index contributed by atoms with van der Waals surface area (Å²) in [7, 11) is 0. The van der Waals surface area contributed by atoms with Crippen LogP contribution in [0.25, 0.3) is 0 Å². The average molecular weight is 428 g/mol. The average Bonchev–Trinajstić information content (AvgIpc) is 3.45. The highest BCUT2D eigenvalue weighted by Crippen LogP contribution is 2.30. The quantitative estimate of drug-likeness (QED) is 0.735. The van der Waals surface area contributed by atoms with Crippen molar-refractivity contribution >= 4 is 23.4 Å². The van der Waals surface area contributed by atoms with Gasteiger partial charge in [0.15, 0.2) is 5.82 Å². The number of amides is 2. The van der Waals surface area contributed by atoms with Gasteiger partial charge < -0.3 is 14.4 Å². The van der Waals surface area contributed by atoms with E-state index in [1.165, 1.54) is 18.4 Å². The molecule has 1 saturated heterocycles. The monoisotopic (exact) mass is 427 g/mol. The van der Waals surface area contributed by atoms with E-state index in [0.29, 0.717) is 43.6 Å². The van der Waals surface area contributed by atoms with E-state index in [4.69, 9.17) is 11.6 Å². The van der Waals surface area contributed by atoms with E-state index in [9.17, 15) is 9.59 Å². The second-order valence-corrected chi connectivity index (χ2v) is 8.97. The molecule has 0 spiro atoms. The SMILES string of the molecule is O=C(c1cn2c(n1)C(=O)N(CC1CC1)CC2)N1CCN(Cc2cccc(Cl)c2)CC1. The maximum absolute atomic E-state index is 13.0. The molecule has 3 aliphatic rings. The van der Waals surface area contributed by atoms with Crippen molar-refractivity contribution in [3.05, 3.63) is 52.6 Å². The second kappa shape index (κ2) is 8.04. The van der Waals surface area contributed by atoms with Crippen LogP contribution in [0.4, 0.5) is 0 Å². The standard InChI is InChI=1S/C22H26ClN5O2/c23-18-3-1-2-17(12-18)13-25-6-8-26(9-7-25)21(29)19-15-27-10-11-28(14-16-4-5-16)22(30)20(27)24-19/h1-3,12,15-16H,4-11,13-14H2. The van der Waals surface area contributed by atoms with Crippen LogP contribution in [-0.2, 0) is 13.1 Å². The Labute approximate surface area is 181 Å². The molecule has 3 heterocycles. The Hall–Kier alpha value is -2.38. The summed E-state index contributed by atoms with van der Waals surface area (Å²) in [5.74, 6) is 0.934. The van der Waals surface area contributed by atoms with Crippen molar-refractivity contribution in [2.45, 2.75) is 25.9 Å². The summed E-state index contributed by atoms with van der Waals surface area (Å²) in [6.07, 6.45) is 4.18. The van der Waals surface area contributed by atoms with Gasteiger partial charge in [-0.1, -0.05) is 23.7 Å². The van der Waals surface area contributed by atoms with Gasteiger partial charge >= 0.3 is 0 Å². The van der Waals surface area contributed by atoms with Crippen molar-refractivity contribution in [2.75, 3.05) is 39.3 Å². The number of hydrogen-bond donors (Lipinski definition) is 0. The van der Waals surface area contributed by atoms with E-state index in [1.54, 1.807) is 6.20 Å². The topological polar surface area (TPSA) is 61.7 Å². The fourth-order valence-electron chi connectivity index (χ4n) is 4.28. The van der Waals surface area contributed by atoms with Crippen molar-refractivity contribution in [2.24, 2.45) is 5.92 Å². The van der Waals surface area contributed by atoms with Crippen LogP contribution in [0.15, 0.2) is 30.5 Å². The van der Waals surface area contributed by atoms with E-state index in [2.05, 4.69) is 16.0 Å². The lowest BCUT2D eigenvalue weighted by Gasteiger charge is -2.34. The zero-order valence-corrected chi connectivity index (χ0v) is 17.7. The Bertz CT molecular complexity index is 962. The Morgan fingerprint density at radius 2 is 1.90 bits per heavy atom. The molecule has 0 atom stereocenters. The maximum Gasteiger partial charge on any atom is 0.289 e. The van der Waals surface area contributed by atoms with Gasteiger partial charge in [-0.3, -0.25) is 14.5 Å². The number of carbonyl (C=O) groups is 2. The summed E-state index contributed by atoms with van der Waals surface area (Å²) in [5, 5.41) is 0.746. The molecule has 2 aromatic rings. The number of carbonyl (C=O) groups excluding carboxylic acids is 2. The highest BCUT2D eigenvalue weighted by atomic mass is 35.5. The molecule has 8 heteroatoms. The fourth-order valence-corrected chi connectivity index (χ4v) is 4.50. The zero-order valence-electron chi connectivity index (χ0n) is 17.0. The van der Waals surface area contributed by atoms with Gasteiger partial charge in [-0.05, 0) is 36.5 Å². The highest BCUT2D eigenvalue weighted by Gasteiger charge is 2.33. The number of halogens is 1. The van der Waals surface area contributed by atoms with Crippen molar-refractivity contribution in [1.29, 1.82) is 0 Å². The van der Waals surface area contributed by atoms with Crippen LogP contribution >= 0.6 is 11.6 Å². The molecule has 0 radical (unpaired) electrons. The largest absolute Gasteiger partial charge is 0.335 e. The van der Waals surface area contributed by atoms with Crippen LogP contribution in [0.5, 0.6) is 0 Å². The Balaban J connectivity index is 1.20. The molecular formula is C22H26ClN5O2. The molecule has 2 amide bonds. The number of nitrogens with zero attached hydrogens (tertiary/aromatic N) is 5. The van der Waals surface area contributed by atoms with Gasteiger partial charge in [-0.15, -0.1) is 0 Å². The van der Waals surface area contributed by atoms with Crippen LogP contribution in [0, 0.1) is 5.92 Å². The number of rotatable bonds is 5. The van der Waals surface area contributed by atoms with Crippen LogP contribution in [0.1, 0.15) is 39.5 Å². The van der Waals surface area contributed by atoms with Crippen LogP contribution in [0.2, 0.25) is 5.02 Å². The maximum atomic E-state index is 13.0. The third-order valence-electron chi connectivity index (χ3n) is 6.22. The molecule has 7 nitrogen and oxygen atoms in total. The van der Waals surface area contributed by atoms with E-state index in [0.717, 1.165) is 31.2 Å². The molecule has 1 aromatic heterocycles. The first-order valence-electron chi connectivity index (χ1n) is 10.7. The van der Waals surface area contributed by atoms with Crippen molar-refractivity contribution in [3.63, 3.8) is 0 Å². The molecule has 1 aromatic carbocycles. The molecule has 1 saturated carbocycles. The molecular weight excluding hydrogens is 402 g/mol. The third kappa shape index (κ3) is 4.09. The minimum absolute atomic E-state index is 0.0430. The molecule has 1 aliphatic carbocycles. The molecule has 2 aliphatic heterocycles. The summed E-state index contributed by atoms with van der Waals surface area (Å²) in [6, 6.07) is 7.90. The van der Waals surface area contributed by atoms with E-state index in [1.807, 2.05) is 32.6 Å². The molecule has 0 bridgehead atoms. The van der Waals surface area contributed by atoms with E-state index < -0.39 is 0 Å². The summed E-state index contributed by atoms with van der Waals surface area (Å²) >= 11 is 6.08. The Morgan fingerprint density at radius 1 is 1.10 bits per heavy atom. The predicted molar refractivity (Wildman–Crippen MR) is 113 cm³/mol. The third-order valence-corrected chi connectivity index (χ3v) is 6.45. The van der Waals surface area contributed by atoms with Gasteiger partial charge in [0, 0.05) is 63.6 Å². The van der Waals surface area contributed by atoms with E-state index in [-0.39, 0.29) is 11.8 Å². The molecule has 5 rings (SSSR count). The number of fused-ring (bicyclic) bond motifs is 1. The van der Waals surface area contributed by atoms with E-state index >= 15 is 0 Å². The lowest BCUT2D eigenvalue weighted by Crippen LogP contribution is -2.48. The van der Waals surface area contributed by atoms with Crippen molar-refractivity contribution in [1.82, 2.24) is 24.3 Å². The Morgan fingerprint density at radius 3 is 2.63 bits per heavy atom. The first-order chi connectivity index (χ1) is 14.6. The first-order valence-corrected chi connectivity index (χ1v) is 11.1. The van der Waals surface area contributed by atoms with Crippen molar-refractivity contribution in [3.8, 4) is 0 Å². The molecule has 0 N–H and O–H groups in total. The zero-order chi connectivity index (χ0) is 20.7. The minimum atomic E-state index is -0.0825. The van der Waals surface area contributed by atoms with Crippen LogP contribution in [-0.4, -0.2) is 75.3 Å². The number of imidazole rings is 1. The number of hydrogen-bond acceptors (Lipinski definition) is 4. The van der Waals surface area contributed by atoms with Crippen LogP contribution < -0.4 is 0 Å². The normalized spacial score (nSPS) is 19.8. The molecule has 158 valence electrons. The number of piperazine rings is 1. The van der Waals surface area contributed by atoms with Crippen LogP contribution in [0.3, 0.4) is 0 Å². The minimum Gasteiger partial charge on any atom is -0.335 e. The first kappa shape index (κ1) is 19.6. The lowest BCUT2D eigenvalue weighted by atomic mass is 10.2. The summed E-state index contributed by atoms with van der Waals surface area (Å²) in [4.78, 5) is 36.2. The highest BCUT2D eigenvalue weighted by molar-refractivity contribution is 6.30. The van der Waals surface area contributed by atoms with Gasteiger partial charge in [-0.25, -0.2) is 4.98 Å². The van der Waals surface area contributed by atoms with Gasteiger partial charge in [0.1, 0.15) is 5.69 Å². The number of benzene rings is 1. The lowest BCUT2D eigenvalue weighted by molar-refractivity contribution is 0.0623. The molecule has 30 heavy (non-hydrogen) atoms. The number of aromatic nitrogens is 2. The fraction of sp³-hybridized carbons (Fsp3) is 0.500. The van der Waals surface area contributed by atoms with Gasteiger partial charge in [-0.2, -0.15) is 0 Å². The molecule has 2 fully saturated rings. The second-order valence-electron chi connectivity index (χ2n) is 8.54. The predicted octanol–water partition coefficient (Wildman–Crippen LogP) is 2.36. The smallest absolute Gasteiger partial charge is 0.289 e.